The van der Waals surface area contributed by atoms with Crippen LogP contribution < -0.4 is 10.2 Å². The lowest BCUT2D eigenvalue weighted by atomic mass is 10.1. The molecular formula is C23H14Cl2O4. The van der Waals surface area contributed by atoms with Gasteiger partial charge >= 0.3 is 5.97 Å². The first-order valence-corrected chi connectivity index (χ1v) is 9.50. The molecule has 0 saturated carbocycles. The number of benzene rings is 3. The quantitative estimate of drug-likeness (QED) is 0.362. The predicted octanol–water partition coefficient (Wildman–Crippen LogP) is 6.29. The van der Waals surface area contributed by atoms with E-state index in [9.17, 15) is 9.59 Å². The first-order valence-electron chi connectivity index (χ1n) is 8.74. The molecule has 29 heavy (non-hydrogen) atoms. The lowest BCUT2D eigenvalue weighted by Crippen LogP contribution is -2.16. The van der Waals surface area contributed by atoms with E-state index in [1.54, 1.807) is 42.5 Å². The summed E-state index contributed by atoms with van der Waals surface area (Å²) in [5.41, 5.74) is 1.62. The van der Waals surface area contributed by atoms with Gasteiger partial charge in [-0.25, -0.2) is 4.79 Å². The molecule has 4 nitrogen and oxygen atoms in total. The molecule has 3 aromatic carbocycles. The molecule has 0 amide bonds. The summed E-state index contributed by atoms with van der Waals surface area (Å²) in [6.45, 7) is 1.90. The van der Waals surface area contributed by atoms with Crippen LogP contribution in [0.15, 0.2) is 75.9 Å². The Balaban J connectivity index is 1.90. The summed E-state index contributed by atoms with van der Waals surface area (Å²) in [5.74, 6) is -0.793. The van der Waals surface area contributed by atoms with E-state index in [0.717, 1.165) is 5.56 Å². The van der Waals surface area contributed by atoms with Gasteiger partial charge in [-0.1, -0.05) is 59.6 Å². The van der Waals surface area contributed by atoms with Crippen LogP contribution in [0.25, 0.3) is 22.3 Å². The van der Waals surface area contributed by atoms with Crippen LogP contribution in [0.2, 0.25) is 10.0 Å². The van der Waals surface area contributed by atoms with Crippen molar-refractivity contribution in [2.75, 3.05) is 0 Å². The molecule has 1 heterocycles. The summed E-state index contributed by atoms with van der Waals surface area (Å²) in [4.78, 5) is 25.9. The number of ether oxygens (including phenoxy) is 1. The molecule has 144 valence electrons. The SMILES string of the molecule is Cc1ccc2c(=O)c(OC(=O)c3ccc(Cl)cc3Cl)c(-c3ccccc3)oc2c1. The van der Waals surface area contributed by atoms with Crippen LogP contribution in [0.3, 0.4) is 0 Å². The number of hydrogen-bond donors (Lipinski definition) is 0. The van der Waals surface area contributed by atoms with Crippen molar-refractivity contribution in [1.82, 2.24) is 0 Å². The van der Waals surface area contributed by atoms with E-state index in [1.165, 1.54) is 18.2 Å². The number of carbonyl (C=O) groups excluding carboxylic acids is 1. The highest BCUT2D eigenvalue weighted by Gasteiger charge is 2.22. The van der Waals surface area contributed by atoms with Crippen molar-refractivity contribution in [2.45, 2.75) is 6.92 Å². The van der Waals surface area contributed by atoms with Crippen LogP contribution in [0.5, 0.6) is 5.75 Å². The Kier molecular flexibility index (Phi) is 5.14. The molecule has 0 saturated heterocycles. The Morgan fingerprint density at radius 1 is 0.966 bits per heavy atom. The lowest BCUT2D eigenvalue weighted by Gasteiger charge is -2.11. The fourth-order valence-electron chi connectivity index (χ4n) is 2.96. The van der Waals surface area contributed by atoms with E-state index < -0.39 is 11.4 Å². The second-order valence-electron chi connectivity index (χ2n) is 6.47. The number of esters is 1. The van der Waals surface area contributed by atoms with Gasteiger partial charge in [0.2, 0.25) is 11.2 Å². The van der Waals surface area contributed by atoms with Crippen LogP contribution in [0.4, 0.5) is 0 Å². The van der Waals surface area contributed by atoms with E-state index in [0.29, 0.717) is 21.6 Å². The molecule has 0 spiro atoms. The van der Waals surface area contributed by atoms with Crippen molar-refractivity contribution in [1.29, 1.82) is 0 Å². The maximum absolute atomic E-state index is 13.1. The number of halogens is 2. The number of carbonyl (C=O) groups is 1. The maximum atomic E-state index is 13.1. The lowest BCUT2D eigenvalue weighted by molar-refractivity contribution is 0.0731. The molecule has 0 atom stereocenters. The smallest absolute Gasteiger partial charge is 0.345 e. The van der Waals surface area contributed by atoms with Crippen molar-refractivity contribution in [3.05, 3.63) is 98.1 Å². The molecule has 0 unspecified atom stereocenters. The predicted molar refractivity (Wildman–Crippen MR) is 114 cm³/mol. The van der Waals surface area contributed by atoms with Gasteiger partial charge in [-0.3, -0.25) is 4.79 Å². The van der Waals surface area contributed by atoms with Gasteiger partial charge in [-0.2, -0.15) is 0 Å². The van der Waals surface area contributed by atoms with Gasteiger partial charge in [0.05, 0.1) is 16.0 Å². The Labute approximate surface area is 176 Å². The normalized spacial score (nSPS) is 10.9. The van der Waals surface area contributed by atoms with Crippen LogP contribution in [-0.4, -0.2) is 5.97 Å². The van der Waals surface area contributed by atoms with Crippen LogP contribution in [-0.2, 0) is 0 Å². The molecule has 0 bridgehead atoms. The number of fused-ring (bicyclic) bond motifs is 1. The second-order valence-corrected chi connectivity index (χ2v) is 7.31. The minimum atomic E-state index is -0.775. The molecule has 0 aliphatic carbocycles. The van der Waals surface area contributed by atoms with Gasteiger partial charge in [0.1, 0.15) is 5.58 Å². The molecule has 0 fully saturated rings. The largest absolute Gasteiger partial charge is 0.452 e. The first-order chi connectivity index (χ1) is 13.9. The van der Waals surface area contributed by atoms with Gasteiger partial charge < -0.3 is 9.15 Å². The summed E-state index contributed by atoms with van der Waals surface area (Å²) >= 11 is 12.0. The Morgan fingerprint density at radius 2 is 1.72 bits per heavy atom. The van der Waals surface area contributed by atoms with Gasteiger partial charge in [0.25, 0.3) is 0 Å². The van der Waals surface area contributed by atoms with Gasteiger partial charge in [0, 0.05) is 10.6 Å². The van der Waals surface area contributed by atoms with Crippen LogP contribution >= 0.6 is 23.2 Å². The highest BCUT2D eigenvalue weighted by atomic mass is 35.5. The second kappa shape index (κ2) is 7.74. The standard InChI is InChI=1S/C23H14Cl2O4/c1-13-7-9-17-19(11-13)28-21(14-5-3-2-4-6-14)22(20(17)26)29-23(27)16-10-8-15(24)12-18(16)25/h2-12H,1H3. The summed E-state index contributed by atoms with van der Waals surface area (Å²) in [6, 6.07) is 18.6. The van der Waals surface area contributed by atoms with Crippen molar-refractivity contribution >= 4 is 40.1 Å². The molecule has 4 rings (SSSR count). The fraction of sp³-hybridized carbons (Fsp3) is 0.0435. The van der Waals surface area contributed by atoms with Crippen molar-refractivity contribution in [3.63, 3.8) is 0 Å². The summed E-state index contributed by atoms with van der Waals surface area (Å²) in [6.07, 6.45) is 0. The third-order valence-electron chi connectivity index (χ3n) is 4.39. The van der Waals surface area contributed by atoms with Gasteiger partial charge in [-0.15, -0.1) is 0 Å². The fourth-order valence-corrected chi connectivity index (χ4v) is 3.44. The number of hydrogen-bond acceptors (Lipinski definition) is 4. The highest BCUT2D eigenvalue weighted by molar-refractivity contribution is 6.36. The molecule has 0 aliphatic heterocycles. The third-order valence-corrected chi connectivity index (χ3v) is 4.94. The van der Waals surface area contributed by atoms with Crippen molar-refractivity contribution in [2.24, 2.45) is 0 Å². The zero-order valence-electron chi connectivity index (χ0n) is 15.2. The van der Waals surface area contributed by atoms with Gasteiger partial charge in [-0.05, 0) is 42.8 Å². The molecule has 0 aliphatic rings. The third kappa shape index (κ3) is 3.77. The van der Waals surface area contributed by atoms with Gasteiger partial charge in [0.15, 0.2) is 5.76 Å². The van der Waals surface area contributed by atoms with Crippen LogP contribution in [0.1, 0.15) is 15.9 Å². The molecule has 6 heteroatoms. The average Bonchev–Trinajstić information content (AvgIpc) is 2.70. The van der Waals surface area contributed by atoms with E-state index in [4.69, 9.17) is 32.4 Å². The molecule has 0 N–H and O–H groups in total. The van der Waals surface area contributed by atoms with E-state index in [1.807, 2.05) is 13.0 Å². The highest BCUT2D eigenvalue weighted by Crippen LogP contribution is 2.32. The number of aryl methyl sites for hydroxylation is 1. The first kappa shape index (κ1) is 19.2. The summed E-state index contributed by atoms with van der Waals surface area (Å²) in [7, 11) is 0. The van der Waals surface area contributed by atoms with E-state index >= 15 is 0 Å². The minimum Gasteiger partial charge on any atom is -0.452 e. The molecular weight excluding hydrogens is 411 g/mol. The van der Waals surface area contributed by atoms with E-state index in [2.05, 4.69) is 0 Å². The minimum absolute atomic E-state index is 0.0958. The molecule has 1 aromatic heterocycles. The van der Waals surface area contributed by atoms with Crippen molar-refractivity contribution in [3.8, 4) is 17.1 Å². The average molecular weight is 425 g/mol. The van der Waals surface area contributed by atoms with E-state index in [-0.39, 0.29) is 22.1 Å². The zero-order chi connectivity index (χ0) is 20.5. The number of rotatable bonds is 3. The summed E-state index contributed by atoms with van der Waals surface area (Å²) in [5, 5.41) is 0.835. The topological polar surface area (TPSA) is 56.5 Å². The zero-order valence-corrected chi connectivity index (χ0v) is 16.8. The maximum Gasteiger partial charge on any atom is 0.345 e. The monoisotopic (exact) mass is 424 g/mol. The summed E-state index contributed by atoms with van der Waals surface area (Å²) < 4.78 is 11.5. The Morgan fingerprint density at radius 3 is 2.45 bits per heavy atom. The van der Waals surface area contributed by atoms with Crippen molar-refractivity contribution < 1.29 is 13.9 Å². The Hall–Kier alpha value is -3.08. The Bertz CT molecular complexity index is 1290. The molecule has 0 radical (unpaired) electrons. The molecule has 4 aromatic rings. The van der Waals surface area contributed by atoms with Crippen LogP contribution in [0, 0.1) is 6.92 Å².